The van der Waals surface area contributed by atoms with E-state index in [0.29, 0.717) is 11.1 Å². The average molecular weight is 306 g/mol. The molecule has 1 aromatic heterocycles. The van der Waals surface area contributed by atoms with Crippen LogP contribution in [0.2, 0.25) is 0 Å². The highest BCUT2D eigenvalue weighted by atomic mass is 32.2. The predicted octanol–water partition coefficient (Wildman–Crippen LogP) is -0.125. The minimum Gasteiger partial charge on any atom is -0.273 e. The van der Waals surface area contributed by atoms with Gasteiger partial charge in [0.25, 0.3) is 11.8 Å². The number of sulfone groups is 1. The molecule has 9 heteroatoms. The fourth-order valence-electron chi connectivity index (χ4n) is 2.09. The van der Waals surface area contributed by atoms with Crippen molar-refractivity contribution in [3.8, 4) is 0 Å². The first-order valence-corrected chi connectivity index (χ1v) is 7.69. The van der Waals surface area contributed by atoms with Gasteiger partial charge in [-0.05, 0) is 12.1 Å². The van der Waals surface area contributed by atoms with E-state index in [1.807, 2.05) is 0 Å². The van der Waals surface area contributed by atoms with Crippen molar-refractivity contribution < 1.29 is 18.0 Å². The van der Waals surface area contributed by atoms with Gasteiger partial charge in [-0.2, -0.15) is 5.10 Å². The van der Waals surface area contributed by atoms with Crippen molar-refractivity contribution in [1.82, 2.24) is 20.1 Å². The first-order valence-electron chi connectivity index (χ1n) is 6.04. The number of carbonyl (C=O) groups is 2. The lowest BCUT2D eigenvalue weighted by Crippen LogP contribution is -2.34. The van der Waals surface area contributed by atoms with Crippen molar-refractivity contribution in [2.75, 3.05) is 12.3 Å². The lowest BCUT2D eigenvalue weighted by molar-refractivity contribution is 0.0664. The lowest BCUT2D eigenvalue weighted by Gasteiger charge is -2.12. The van der Waals surface area contributed by atoms with Gasteiger partial charge in [0.05, 0.1) is 16.9 Å². The van der Waals surface area contributed by atoms with Crippen molar-refractivity contribution in [3.63, 3.8) is 0 Å². The van der Waals surface area contributed by atoms with Crippen LogP contribution in [0.4, 0.5) is 0 Å². The molecule has 2 amide bonds. The zero-order valence-corrected chi connectivity index (χ0v) is 11.5. The van der Waals surface area contributed by atoms with Crippen LogP contribution in [-0.4, -0.2) is 52.6 Å². The molecule has 0 unspecified atom stereocenters. The van der Waals surface area contributed by atoms with Gasteiger partial charge in [0.2, 0.25) is 15.0 Å². The summed E-state index contributed by atoms with van der Waals surface area (Å²) < 4.78 is 23.9. The second-order valence-electron chi connectivity index (χ2n) is 4.42. The number of benzene rings is 1. The first kappa shape index (κ1) is 13.4. The molecule has 0 radical (unpaired) electrons. The molecule has 0 aliphatic carbocycles. The summed E-state index contributed by atoms with van der Waals surface area (Å²) in [5, 5.41) is 5.44. The number of aromatic nitrogens is 3. The molecule has 21 heavy (non-hydrogen) atoms. The third-order valence-electron chi connectivity index (χ3n) is 3.15. The number of hydrogen-bond acceptors (Lipinski definition) is 6. The minimum atomic E-state index is -3.71. The van der Waals surface area contributed by atoms with Crippen LogP contribution < -0.4 is 0 Å². The van der Waals surface area contributed by atoms with Crippen LogP contribution in [0.5, 0.6) is 0 Å². The lowest BCUT2D eigenvalue weighted by atomic mass is 10.1. The van der Waals surface area contributed by atoms with E-state index >= 15 is 0 Å². The fourth-order valence-corrected chi connectivity index (χ4v) is 3.11. The average Bonchev–Trinajstić information content (AvgIpc) is 3.08. The molecule has 0 atom stereocenters. The van der Waals surface area contributed by atoms with Gasteiger partial charge in [0.15, 0.2) is 0 Å². The Labute approximate surface area is 119 Å². The number of aromatic amines is 1. The maximum absolute atomic E-state index is 12.1. The van der Waals surface area contributed by atoms with E-state index in [-0.39, 0.29) is 11.7 Å². The molecule has 0 spiro atoms. The fraction of sp³-hybridized carbons (Fsp3) is 0.167. The van der Waals surface area contributed by atoms with Crippen LogP contribution in [0.15, 0.2) is 35.7 Å². The molecule has 1 N–H and O–H groups in total. The summed E-state index contributed by atoms with van der Waals surface area (Å²) in [7, 11) is -3.71. The Kier molecular flexibility index (Phi) is 3.05. The molecule has 1 aromatic carbocycles. The van der Waals surface area contributed by atoms with E-state index in [9.17, 15) is 18.0 Å². The molecule has 108 valence electrons. The number of amides is 2. The number of imide groups is 1. The molecule has 0 bridgehead atoms. The SMILES string of the molecule is O=C1c2ccccc2C(=O)N1CCS(=O)(=O)c1ncn[nH]1. The smallest absolute Gasteiger partial charge is 0.261 e. The highest BCUT2D eigenvalue weighted by Gasteiger charge is 2.35. The number of hydrogen-bond donors (Lipinski definition) is 1. The molecule has 8 nitrogen and oxygen atoms in total. The van der Waals surface area contributed by atoms with Crippen LogP contribution in [-0.2, 0) is 9.84 Å². The summed E-state index contributed by atoms with van der Waals surface area (Å²) in [5.74, 6) is -1.38. The second-order valence-corrected chi connectivity index (χ2v) is 6.44. The Morgan fingerprint density at radius 2 is 1.71 bits per heavy atom. The summed E-state index contributed by atoms with van der Waals surface area (Å²) in [6.45, 7) is -0.227. The molecule has 2 heterocycles. The molecule has 2 aromatic rings. The standard InChI is InChI=1S/C12H10N4O4S/c17-10-8-3-1-2-4-9(8)11(18)16(10)5-6-21(19,20)12-13-7-14-15-12/h1-4,7H,5-6H2,(H,13,14,15). The molecule has 0 saturated carbocycles. The normalized spacial score (nSPS) is 14.6. The maximum atomic E-state index is 12.1. The second kappa shape index (κ2) is 4.77. The Bertz CT molecular complexity index is 779. The van der Waals surface area contributed by atoms with E-state index in [1.54, 1.807) is 24.3 Å². The third kappa shape index (κ3) is 2.21. The first-order chi connectivity index (χ1) is 10.0. The van der Waals surface area contributed by atoms with E-state index in [0.717, 1.165) is 11.2 Å². The highest BCUT2D eigenvalue weighted by Crippen LogP contribution is 2.22. The molecular weight excluding hydrogens is 296 g/mol. The number of H-pyrrole nitrogens is 1. The Morgan fingerprint density at radius 3 is 2.24 bits per heavy atom. The number of carbonyl (C=O) groups excluding carboxylic acids is 2. The van der Waals surface area contributed by atoms with Crippen molar-refractivity contribution in [3.05, 3.63) is 41.7 Å². The van der Waals surface area contributed by atoms with Crippen molar-refractivity contribution in [2.24, 2.45) is 0 Å². The van der Waals surface area contributed by atoms with Crippen LogP contribution >= 0.6 is 0 Å². The van der Waals surface area contributed by atoms with Crippen molar-refractivity contribution in [1.29, 1.82) is 0 Å². The van der Waals surface area contributed by atoms with Crippen LogP contribution in [0.1, 0.15) is 20.7 Å². The Hall–Kier alpha value is -2.55. The molecule has 1 aliphatic heterocycles. The van der Waals surface area contributed by atoms with Gasteiger partial charge in [-0.1, -0.05) is 12.1 Å². The Morgan fingerprint density at radius 1 is 1.10 bits per heavy atom. The molecule has 1 aliphatic rings. The summed E-state index contributed by atoms with van der Waals surface area (Å²) in [6.07, 6.45) is 1.08. The molecular formula is C12H10N4O4S. The maximum Gasteiger partial charge on any atom is 0.261 e. The van der Waals surface area contributed by atoms with Crippen molar-refractivity contribution >= 4 is 21.7 Å². The number of fused-ring (bicyclic) bond motifs is 1. The molecule has 0 saturated heterocycles. The van der Waals surface area contributed by atoms with Gasteiger partial charge < -0.3 is 0 Å². The summed E-state index contributed by atoms with van der Waals surface area (Å²) in [4.78, 5) is 28.7. The van der Waals surface area contributed by atoms with Crippen LogP contribution in [0.25, 0.3) is 0 Å². The zero-order chi connectivity index (χ0) is 15.0. The van der Waals surface area contributed by atoms with Crippen LogP contribution in [0.3, 0.4) is 0 Å². The zero-order valence-electron chi connectivity index (χ0n) is 10.7. The predicted molar refractivity (Wildman–Crippen MR) is 70.2 cm³/mol. The van der Waals surface area contributed by atoms with E-state index in [4.69, 9.17) is 0 Å². The third-order valence-corrected chi connectivity index (χ3v) is 4.66. The highest BCUT2D eigenvalue weighted by molar-refractivity contribution is 7.91. The number of nitrogens with zero attached hydrogens (tertiary/aromatic N) is 3. The molecule has 3 rings (SSSR count). The largest absolute Gasteiger partial charge is 0.273 e. The van der Waals surface area contributed by atoms with Crippen LogP contribution in [0, 0.1) is 0 Å². The van der Waals surface area contributed by atoms with E-state index in [1.165, 1.54) is 0 Å². The van der Waals surface area contributed by atoms with Gasteiger partial charge in [-0.3, -0.25) is 19.6 Å². The summed E-state index contributed by atoms with van der Waals surface area (Å²) in [5.41, 5.74) is 0.583. The van der Waals surface area contributed by atoms with Gasteiger partial charge in [0, 0.05) is 6.54 Å². The minimum absolute atomic E-state index is 0.227. The van der Waals surface area contributed by atoms with Gasteiger partial charge in [0.1, 0.15) is 6.33 Å². The molecule has 0 fully saturated rings. The monoisotopic (exact) mass is 306 g/mol. The van der Waals surface area contributed by atoms with E-state index in [2.05, 4.69) is 15.2 Å². The van der Waals surface area contributed by atoms with Crippen molar-refractivity contribution in [2.45, 2.75) is 5.16 Å². The Balaban J connectivity index is 1.79. The van der Waals surface area contributed by atoms with Gasteiger partial charge in [-0.15, -0.1) is 0 Å². The topological polar surface area (TPSA) is 113 Å². The number of rotatable bonds is 4. The number of nitrogens with one attached hydrogen (secondary N) is 1. The summed E-state index contributed by atoms with van der Waals surface area (Å²) >= 11 is 0. The van der Waals surface area contributed by atoms with E-state index < -0.39 is 27.4 Å². The quantitative estimate of drug-likeness (QED) is 0.787. The van der Waals surface area contributed by atoms with Gasteiger partial charge in [-0.25, -0.2) is 13.4 Å². The van der Waals surface area contributed by atoms with Gasteiger partial charge >= 0.3 is 0 Å². The summed E-state index contributed by atoms with van der Waals surface area (Å²) in [6, 6.07) is 6.39.